The third-order valence-electron chi connectivity index (χ3n) is 3.82. The summed E-state index contributed by atoms with van der Waals surface area (Å²) >= 11 is 0. The van der Waals surface area contributed by atoms with Gasteiger partial charge in [0.15, 0.2) is 0 Å². The van der Waals surface area contributed by atoms with Crippen molar-refractivity contribution in [2.75, 3.05) is 20.2 Å². The lowest BCUT2D eigenvalue weighted by Gasteiger charge is -2.19. The van der Waals surface area contributed by atoms with Crippen LogP contribution in [0.3, 0.4) is 0 Å². The number of benzene rings is 1. The van der Waals surface area contributed by atoms with E-state index in [0.29, 0.717) is 24.5 Å². The average Bonchev–Trinajstić information content (AvgIpc) is 2.60. The lowest BCUT2D eigenvalue weighted by molar-refractivity contribution is -0.131. The molecule has 1 amide bonds. The summed E-state index contributed by atoms with van der Waals surface area (Å²) in [6.45, 7) is 4.70. The molecule has 7 heteroatoms. The maximum atomic E-state index is 12.4. The lowest BCUT2D eigenvalue weighted by atomic mass is 10.3. The summed E-state index contributed by atoms with van der Waals surface area (Å²) in [7, 11) is 1.49. The van der Waals surface area contributed by atoms with E-state index in [2.05, 4.69) is 0 Å². The van der Waals surface area contributed by atoms with Crippen LogP contribution in [0, 0.1) is 0 Å². The summed E-state index contributed by atoms with van der Waals surface area (Å²) in [6, 6.07) is 6.92. The van der Waals surface area contributed by atoms with Crippen LogP contribution in [0.4, 0.5) is 0 Å². The molecular weight excluding hydrogens is 310 g/mol. The molecule has 2 aromatic rings. The van der Waals surface area contributed by atoms with Crippen LogP contribution in [-0.2, 0) is 11.3 Å². The number of carbonyl (C=O) groups is 1. The van der Waals surface area contributed by atoms with Crippen molar-refractivity contribution < 1.29 is 9.53 Å². The normalized spacial score (nSPS) is 10.5. The first-order valence-electron chi connectivity index (χ1n) is 7.76. The van der Waals surface area contributed by atoms with E-state index in [1.165, 1.54) is 24.1 Å². The smallest absolute Gasteiger partial charge is 0.321 e. The second-order valence-electron chi connectivity index (χ2n) is 5.14. The summed E-state index contributed by atoms with van der Waals surface area (Å²) in [5.41, 5.74) is -0.998. The highest BCUT2D eigenvalue weighted by Gasteiger charge is 2.14. The minimum atomic E-state index is -0.746. The van der Waals surface area contributed by atoms with Crippen LogP contribution in [0.2, 0.25) is 0 Å². The Hall–Kier alpha value is -2.83. The first-order valence-corrected chi connectivity index (χ1v) is 7.76. The number of para-hydroxylation sites is 2. The van der Waals surface area contributed by atoms with Crippen LogP contribution in [0.25, 0.3) is 5.69 Å². The maximum Gasteiger partial charge on any atom is 0.321 e. The van der Waals surface area contributed by atoms with Gasteiger partial charge in [-0.15, -0.1) is 0 Å². The zero-order valence-electron chi connectivity index (χ0n) is 14.1. The number of carbonyl (C=O) groups excluding carboxylic acids is 1. The van der Waals surface area contributed by atoms with Gasteiger partial charge < -0.3 is 9.64 Å². The predicted octanol–water partition coefficient (Wildman–Crippen LogP) is 0.876. The van der Waals surface area contributed by atoms with Gasteiger partial charge in [-0.2, -0.15) is 0 Å². The number of hydrogen-bond donors (Lipinski definition) is 0. The van der Waals surface area contributed by atoms with Crippen LogP contribution in [0.5, 0.6) is 5.75 Å². The van der Waals surface area contributed by atoms with E-state index in [9.17, 15) is 14.4 Å². The maximum absolute atomic E-state index is 12.4. The van der Waals surface area contributed by atoms with Crippen molar-refractivity contribution in [1.29, 1.82) is 0 Å². The average molecular weight is 331 g/mol. The first-order chi connectivity index (χ1) is 11.5. The Morgan fingerprint density at radius 2 is 1.75 bits per heavy atom. The Balaban J connectivity index is 2.41. The van der Waals surface area contributed by atoms with E-state index in [1.807, 2.05) is 13.8 Å². The van der Waals surface area contributed by atoms with E-state index in [1.54, 1.807) is 29.2 Å². The molecule has 0 N–H and O–H groups in total. The quantitative estimate of drug-likeness (QED) is 0.737. The van der Waals surface area contributed by atoms with Crippen LogP contribution in [0.15, 0.2) is 46.2 Å². The van der Waals surface area contributed by atoms with Gasteiger partial charge in [0.2, 0.25) is 5.91 Å². The largest absolute Gasteiger partial charge is 0.495 e. The van der Waals surface area contributed by atoms with Crippen molar-refractivity contribution in [3.8, 4) is 11.4 Å². The van der Waals surface area contributed by atoms with Gasteiger partial charge in [0.25, 0.3) is 0 Å². The zero-order chi connectivity index (χ0) is 17.7. The molecule has 0 bridgehead atoms. The number of methoxy groups -OCH3 is 1. The highest BCUT2D eigenvalue weighted by molar-refractivity contribution is 5.75. The number of ether oxygens (including phenoxy) is 1. The van der Waals surface area contributed by atoms with E-state index < -0.39 is 11.1 Å². The molecule has 0 saturated carbocycles. The fraction of sp³-hybridized carbons (Fsp3) is 0.353. The first kappa shape index (κ1) is 17.5. The van der Waals surface area contributed by atoms with Crippen molar-refractivity contribution >= 4 is 5.91 Å². The number of rotatable bonds is 6. The van der Waals surface area contributed by atoms with E-state index in [0.717, 1.165) is 4.57 Å². The molecule has 1 aromatic carbocycles. The Labute approximate surface area is 139 Å². The molecule has 24 heavy (non-hydrogen) atoms. The summed E-state index contributed by atoms with van der Waals surface area (Å²) in [4.78, 5) is 38.5. The van der Waals surface area contributed by atoms with Crippen LogP contribution >= 0.6 is 0 Å². The molecule has 0 spiro atoms. The minimum absolute atomic E-state index is 0.150. The molecule has 0 aliphatic heterocycles. The molecular formula is C17H21N3O4. The number of amides is 1. The van der Waals surface area contributed by atoms with Gasteiger partial charge >= 0.3 is 11.1 Å². The van der Waals surface area contributed by atoms with Crippen LogP contribution in [-0.4, -0.2) is 40.1 Å². The van der Waals surface area contributed by atoms with Crippen LogP contribution in [0.1, 0.15) is 13.8 Å². The summed E-state index contributed by atoms with van der Waals surface area (Å²) < 4.78 is 7.58. The van der Waals surface area contributed by atoms with Crippen molar-refractivity contribution in [3.63, 3.8) is 0 Å². The van der Waals surface area contributed by atoms with E-state index >= 15 is 0 Å². The number of aromatic nitrogens is 2. The predicted molar refractivity (Wildman–Crippen MR) is 90.8 cm³/mol. The van der Waals surface area contributed by atoms with E-state index in [4.69, 9.17) is 4.74 Å². The zero-order valence-corrected chi connectivity index (χ0v) is 14.1. The van der Waals surface area contributed by atoms with Gasteiger partial charge in [-0.25, -0.2) is 0 Å². The molecule has 0 fully saturated rings. The molecule has 128 valence electrons. The van der Waals surface area contributed by atoms with E-state index in [-0.39, 0.29) is 12.5 Å². The number of hydrogen-bond acceptors (Lipinski definition) is 4. The molecule has 0 radical (unpaired) electrons. The molecule has 0 saturated heterocycles. The molecule has 1 heterocycles. The second kappa shape index (κ2) is 7.63. The molecule has 0 atom stereocenters. The standard InChI is InChI=1S/C17H21N3O4/c1-4-18(5-2)15(21)12-19-10-11-20(17(23)16(19)22)13-8-6-7-9-14(13)24-3/h6-11H,4-5,12H2,1-3H3. The summed E-state index contributed by atoms with van der Waals surface area (Å²) in [6.07, 6.45) is 2.91. The monoisotopic (exact) mass is 331 g/mol. The lowest BCUT2D eigenvalue weighted by Crippen LogP contribution is -2.43. The number of nitrogens with zero attached hydrogens (tertiary/aromatic N) is 3. The van der Waals surface area contributed by atoms with Crippen molar-refractivity contribution in [2.45, 2.75) is 20.4 Å². The SMILES string of the molecule is CCN(CC)C(=O)Cn1ccn(-c2ccccc2OC)c(=O)c1=O. The molecule has 2 rings (SSSR count). The molecule has 0 unspecified atom stereocenters. The molecule has 0 aliphatic rings. The van der Waals surface area contributed by atoms with Gasteiger partial charge in [-0.3, -0.25) is 23.5 Å². The Kier molecular flexibility index (Phi) is 5.57. The summed E-state index contributed by atoms with van der Waals surface area (Å²) in [5, 5.41) is 0. The Morgan fingerprint density at radius 3 is 2.38 bits per heavy atom. The van der Waals surface area contributed by atoms with Gasteiger partial charge in [-0.05, 0) is 26.0 Å². The van der Waals surface area contributed by atoms with Gasteiger partial charge in [-0.1, -0.05) is 12.1 Å². The second-order valence-corrected chi connectivity index (χ2v) is 5.14. The third-order valence-corrected chi connectivity index (χ3v) is 3.82. The van der Waals surface area contributed by atoms with Gasteiger partial charge in [0, 0.05) is 25.5 Å². The highest BCUT2D eigenvalue weighted by Crippen LogP contribution is 2.19. The molecule has 7 nitrogen and oxygen atoms in total. The third kappa shape index (κ3) is 3.40. The van der Waals surface area contributed by atoms with Gasteiger partial charge in [0.05, 0.1) is 12.8 Å². The summed E-state index contributed by atoms with van der Waals surface area (Å²) in [5.74, 6) is 0.285. The molecule has 0 aliphatic carbocycles. The Bertz CT molecular complexity index is 834. The van der Waals surface area contributed by atoms with Crippen LogP contribution < -0.4 is 15.9 Å². The van der Waals surface area contributed by atoms with Crippen molar-refractivity contribution in [3.05, 3.63) is 57.4 Å². The Morgan fingerprint density at radius 1 is 1.08 bits per heavy atom. The fourth-order valence-electron chi connectivity index (χ4n) is 2.47. The van der Waals surface area contributed by atoms with Crippen molar-refractivity contribution in [2.24, 2.45) is 0 Å². The topological polar surface area (TPSA) is 73.5 Å². The van der Waals surface area contributed by atoms with Gasteiger partial charge in [0.1, 0.15) is 12.3 Å². The number of likely N-dealkylation sites (N-methyl/N-ethyl adjacent to an activating group) is 1. The highest BCUT2D eigenvalue weighted by atomic mass is 16.5. The van der Waals surface area contributed by atoms with Crippen molar-refractivity contribution in [1.82, 2.24) is 14.0 Å². The minimum Gasteiger partial charge on any atom is -0.495 e. The molecule has 1 aromatic heterocycles. The fourth-order valence-corrected chi connectivity index (χ4v) is 2.47.